The standard InChI is InChI=1S/C29H30N4O5S/c1-3-38-24-15-11-22(12-16-24)30-26(34)18-25-28(36)32(19-21-7-5-4-6-8-21)29(39)33(25)31-27(35)17-20-9-13-23(37-2)14-10-20/h4-16,25H,3,17-19H2,1-2H3,(H,30,34)(H,31,35). The molecule has 39 heavy (non-hydrogen) atoms. The first-order chi connectivity index (χ1) is 18.9. The summed E-state index contributed by atoms with van der Waals surface area (Å²) in [6.45, 7) is 2.65. The van der Waals surface area contributed by atoms with Crippen LogP contribution in [0.3, 0.4) is 0 Å². The summed E-state index contributed by atoms with van der Waals surface area (Å²) in [4.78, 5) is 40.8. The minimum absolute atomic E-state index is 0.0566. The molecule has 0 aliphatic carbocycles. The van der Waals surface area contributed by atoms with Crippen molar-refractivity contribution in [3.05, 3.63) is 90.0 Å². The van der Waals surface area contributed by atoms with E-state index in [1.807, 2.05) is 37.3 Å². The number of hydrogen-bond donors (Lipinski definition) is 2. The van der Waals surface area contributed by atoms with Gasteiger partial charge in [-0.15, -0.1) is 0 Å². The Balaban J connectivity index is 1.48. The zero-order chi connectivity index (χ0) is 27.8. The van der Waals surface area contributed by atoms with Crippen LogP contribution in [0.4, 0.5) is 5.69 Å². The van der Waals surface area contributed by atoms with Crippen LogP contribution in [0.25, 0.3) is 0 Å². The Hall–Kier alpha value is -4.44. The quantitative estimate of drug-likeness (QED) is 0.354. The molecule has 0 radical (unpaired) electrons. The molecule has 2 N–H and O–H groups in total. The highest BCUT2D eigenvalue weighted by molar-refractivity contribution is 7.80. The summed E-state index contributed by atoms with van der Waals surface area (Å²) >= 11 is 5.61. The monoisotopic (exact) mass is 546 g/mol. The molecule has 10 heteroatoms. The molecule has 1 saturated heterocycles. The normalized spacial score (nSPS) is 14.8. The summed E-state index contributed by atoms with van der Waals surface area (Å²) in [5, 5.41) is 4.26. The first kappa shape index (κ1) is 27.6. The number of hydrazine groups is 1. The van der Waals surface area contributed by atoms with E-state index in [1.165, 1.54) is 9.91 Å². The van der Waals surface area contributed by atoms with Gasteiger partial charge in [0, 0.05) is 5.69 Å². The largest absolute Gasteiger partial charge is 0.497 e. The van der Waals surface area contributed by atoms with Gasteiger partial charge in [-0.25, -0.2) is 5.01 Å². The molecule has 1 atom stereocenters. The molecule has 0 saturated carbocycles. The highest BCUT2D eigenvalue weighted by Crippen LogP contribution is 2.23. The van der Waals surface area contributed by atoms with Crippen molar-refractivity contribution in [3.63, 3.8) is 0 Å². The highest BCUT2D eigenvalue weighted by Gasteiger charge is 2.44. The number of benzene rings is 3. The third-order valence-electron chi connectivity index (χ3n) is 6.08. The van der Waals surface area contributed by atoms with Crippen LogP contribution in [-0.2, 0) is 27.3 Å². The van der Waals surface area contributed by atoms with Gasteiger partial charge in [0.1, 0.15) is 17.5 Å². The van der Waals surface area contributed by atoms with E-state index >= 15 is 0 Å². The molecule has 1 fully saturated rings. The van der Waals surface area contributed by atoms with Gasteiger partial charge in [-0.3, -0.25) is 24.7 Å². The Kier molecular flexibility index (Phi) is 9.11. The van der Waals surface area contributed by atoms with E-state index < -0.39 is 11.9 Å². The summed E-state index contributed by atoms with van der Waals surface area (Å²) in [6, 6.07) is 22.4. The number of thiocarbonyl (C=S) groups is 1. The van der Waals surface area contributed by atoms with Crippen LogP contribution in [-0.4, -0.2) is 52.5 Å². The van der Waals surface area contributed by atoms with Crippen LogP contribution < -0.4 is 20.2 Å². The van der Waals surface area contributed by atoms with Gasteiger partial charge in [0.15, 0.2) is 5.11 Å². The lowest BCUT2D eigenvalue weighted by Gasteiger charge is -2.24. The number of nitrogens with one attached hydrogen (secondary N) is 2. The number of carbonyl (C=O) groups is 3. The van der Waals surface area contributed by atoms with Crippen molar-refractivity contribution in [1.29, 1.82) is 0 Å². The lowest BCUT2D eigenvalue weighted by atomic mass is 10.1. The molecule has 0 bridgehead atoms. The van der Waals surface area contributed by atoms with Crippen molar-refractivity contribution in [2.75, 3.05) is 19.0 Å². The maximum absolute atomic E-state index is 13.5. The van der Waals surface area contributed by atoms with Crippen LogP contribution in [0.5, 0.6) is 11.5 Å². The highest BCUT2D eigenvalue weighted by atomic mass is 32.1. The van der Waals surface area contributed by atoms with E-state index in [0.717, 1.165) is 11.1 Å². The Morgan fingerprint density at radius 3 is 2.21 bits per heavy atom. The van der Waals surface area contributed by atoms with E-state index in [-0.39, 0.29) is 36.3 Å². The fraction of sp³-hybridized carbons (Fsp3) is 0.241. The molecule has 0 aromatic heterocycles. The lowest BCUT2D eigenvalue weighted by Crippen LogP contribution is -2.50. The third kappa shape index (κ3) is 7.11. The fourth-order valence-corrected chi connectivity index (χ4v) is 4.48. The minimum Gasteiger partial charge on any atom is -0.497 e. The number of methoxy groups -OCH3 is 1. The van der Waals surface area contributed by atoms with Crippen LogP contribution in [0.15, 0.2) is 78.9 Å². The van der Waals surface area contributed by atoms with Gasteiger partial charge in [-0.05, 0) is 66.7 Å². The molecule has 0 spiro atoms. The average molecular weight is 547 g/mol. The number of anilines is 1. The SMILES string of the molecule is CCOc1ccc(NC(=O)CC2C(=O)N(Cc3ccccc3)C(=S)N2NC(=O)Cc2ccc(OC)cc2)cc1. The third-order valence-corrected chi connectivity index (χ3v) is 6.50. The predicted octanol–water partition coefficient (Wildman–Crippen LogP) is 3.69. The number of hydrogen-bond acceptors (Lipinski definition) is 6. The first-order valence-electron chi connectivity index (χ1n) is 12.5. The van der Waals surface area contributed by atoms with Crippen molar-refractivity contribution in [3.8, 4) is 11.5 Å². The van der Waals surface area contributed by atoms with Crippen LogP contribution in [0, 0.1) is 0 Å². The molecule has 202 valence electrons. The fourth-order valence-electron chi connectivity index (χ4n) is 4.16. The molecule has 3 aromatic rings. The minimum atomic E-state index is -0.997. The van der Waals surface area contributed by atoms with Crippen molar-refractivity contribution in [2.45, 2.75) is 32.4 Å². The summed E-state index contributed by atoms with van der Waals surface area (Å²) in [6.07, 6.45) is -0.151. The Morgan fingerprint density at radius 1 is 0.897 bits per heavy atom. The van der Waals surface area contributed by atoms with E-state index in [4.69, 9.17) is 21.7 Å². The molecule has 9 nitrogen and oxygen atoms in total. The molecule has 3 aromatic carbocycles. The summed E-state index contributed by atoms with van der Waals surface area (Å²) in [5.74, 6) is 0.246. The molecule has 1 aliphatic rings. The van der Waals surface area contributed by atoms with Gasteiger partial charge in [-0.2, -0.15) is 0 Å². The molecular weight excluding hydrogens is 516 g/mol. The van der Waals surface area contributed by atoms with Crippen LogP contribution >= 0.6 is 12.2 Å². The summed E-state index contributed by atoms with van der Waals surface area (Å²) in [5.41, 5.74) is 4.95. The number of nitrogens with zero attached hydrogens (tertiary/aromatic N) is 2. The maximum Gasteiger partial charge on any atom is 0.254 e. The second-order valence-electron chi connectivity index (χ2n) is 8.85. The molecule has 1 unspecified atom stereocenters. The molecule has 1 heterocycles. The van der Waals surface area contributed by atoms with Gasteiger partial charge in [-0.1, -0.05) is 42.5 Å². The topological polar surface area (TPSA) is 100 Å². The van der Waals surface area contributed by atoms with Gasteiger partial charge in [0.2, 0.25) is 11.8 Å². The van der Waals surface area contributed by atoms with Crippen molar-refractivity contribution < 1.29 is 23.9 Å². The maximum atomic E-state index is 13.5. The molecule has 3 amide bonds. The van der Waals surface area contributed by atoms with Gasteiger partial charge >= 0.3 is 0 Å². The van der Waals surface area contributed by atoms with E-state index in [0.29, 0.717) is 23.8 Å². The van der Waals surface area contributed by atoms with Gasteiger partial charge < -0.3 is 14.8 Å². The van der Waals surface area contributed by atoms with E-state index in [9.17, 15) is 14.4 Å². The second-order valence-corrected chi connectivity index (χ2v) is 9.21. The molecular formula is C29H30N4O5S. The predicted molar refractivity (Wildman–Crippen MR) is 151 cm³/mol. The molecule has 4 rings (SSSR count). The zero-order valence-corrected chi connectivity index (χ0v) is 22.6. The van der Waals surface area contributed by atoms with Crippen LogP contribution in [0.1, 0.15) is 24.5 Å². The lowest BCUT2D eigenvalue weighted by molar-refractivity contribution is -0.132. The summed E-state index contributed by atoms with van der Waals surface area (Å²) < 4.78 is 10.6. The Morgan fingerprint density at radius 2 is 1.56 bits per heavy atom. The van der Waals surface area contributed by atoms with Crippen LogP contribution in [0.2, 0.25) is 0 Å². The average Bonchev–Trinajstić information content (AvgIpc) is 3.14. The van der Waals surface area contributed by atoms with Crippen molar-refractivity contribution >= 4 is 40.7 Å². The number of amides is 3. The molecule has 1 aliphatic heterocycles. The van der Waals surface area contributed by atoms with Crippen molar-refractivity contribution in [1.82, 2.24) is 15.3 Å². The number of carbonyl (C=O) groups excluding carboxylic acids is 3. The Bertz CT molecular complexity index is 1320. The van der Waals surface area contributed by atoms with E-state index in [1.54, 1.807) is 55.6 Å². The van der Waals surface area contributed by atoms with Crippen molar-refractivity contribution in [2.24, 2.45) is 0 Å². The number of rotatable bonds is 11. The Labute approximate surface area is 232 Å². The summed E-state index contributed by atoms with van der Waals surface area (Å²) in [7, 11) is 1.57. The van der Waals surface area contributed by atoms with Gasteiger partial charge in [0.05, 0.1) is 33.1 Å². The zero-order valence-electron chi connectivity index (χ0n) is 21.8. The first-order valence-corrected chi connectivity index (χ1v) is 12.9. The smallest absolute Gasteiger partial charge is 0.254 e. The van der Waals surface area contributed by atoms with E-state index in [2.05, 4.69) is 10.7 Å². The van der Waals surface area contributed by atoms with Gasteiger partial charge in [0.25, 0.3) is 5.91 Å². The second kappa shape index (κ2) is 12.9. The number of ether oxygens (including phenoxy) is 2.